The van der Waals surface area contributed by atoms with E-state index in [1.165, 1.54) is 31.4 Å². The van der Waals surface area contributed by atoms with Crippen molar-refractivity contribution in [2.75, 3.05) is 19.7 Å². The Kier molecular flexibility index (Phi) is 5.20. The Hall–Kier alpha value is -0.870. The molecular formula is C14H25N3O. The molecule has 0 bridgehead atoms. The second kappa shape index (κ2) is 6.90. The van der Waals surface area contributed by atoms with Crippen molar-refractivity contribution in [3.63, 3.8) is 0 Å². The van der Waals surface area contributed by atoms with E-state index in [0.717, 1.165) is 19.7 Å². The minimum absolute atomic E-state index is 0.162. The average molecular weight is 251 g/mol. The van der Waals surface area contributed by atoms with Gasteiger partial charge in [-0.25, -0.2) is 4.98 Å². The number of unbranched alkanes of at least 4 members (excludes halogenated alkanes) is 2. The number of hydrogen-bond acceptors (Lipinski definition) is 3. The number of imidazole rings is 1. The standard InChI is InChI=1S/C14H25N3O/c1-3-4-5-6-12(2)17-11-16-9-13(17)14-10-15-7-8-18-14/h9,11-12,14-15H,3-8,10H2,1-2H3. The third kappa shape index (κ3) is 3.33. The van der Waals surface area contributed by atoms with Gasteiger partial charge in [0.15, 0.2) is 0 Å². The lowest BCUT2D eigenvalue weighted by Gasteiger charge is -2.26. The van der Waals surface area contributed by atoms with Crippen molar-refractivity contribution >= 4 is 0 Å². The summed E-state index contributed by atoms with van der Waals surface area (Å²) in [6.45, 7) is 7.16. The van der Waals surface area contributed by atoms with Gasteiger partial charge in [-0.1, -0.05) is 26.2 Å². The lowest BCUT2D eigenvalue weighted by molar-refractivity contribution is 0.0220. The molecule has 2 unspecified atom stereocenters. The highest BCUT2D eigenvalue weighted by atomic mass is 16.5. The van der Waals surface area contributed by atoms with Gasteiger partial charge in [-0.15, -0.1) is 0 Å². The molecule has 2 heterocycles. The molecule has 0 radical (unpaired) electrons. The first kappa shape index (κ1) is 13.6. The van der Waals surface area contributed by atoms with Crippen LogP contribution in [0.2, 0.25) is 0 Å². The third-order valence-corrected chi connectivity index (χ3v) is 3.65. The van der Waals surface area contributed by atoms with Crippen molar-refractivity contribution in [1.82, 2.24) is 14.9 Å². The predicted molar refractivity (Wildman–Crippen MR) is 72.6 cm³/mol. The van der Waals surface area contributed by atoms with Gasteiger partial charge in [0.05, 0.1) is 24.8 Å². The van der Waals surface area contributed by atoms with Crippen molar-refractivity contribution < 1.29 is 4.74 Å². The van der Waals surface area contributed by atoms with E-state index in [9.17, 15) is 0 Å². The second-order valence-electron chi connectivity index (χ2n) is 5.13. The topological polar surface area (TPSA) is 39.1 Å². The molecule has 1 aromatic rings. The summed E-state index contributed by atoms with van der Waals surface area (Å²) in [4.78, 5) is 4.30. The molecule has 0 aromatic carbocycles. The van der Waals surface area contributed by atoms with Gasteiger partial charge in [0, 0.05) is 19.1 Å². The molecule has 1 aliphatic rings. The molecule has 4 nitrogen and oxygen atoms in total. The van der Waals surface area contributed by atoms with Crippen LogP contribution in [0.5, 0.6) is 0 Å². The average Bonchev–Trinajstić information content (AvgIpc) is 2.89. The maximum absolute atomic E-state index is 5.82. The summed E-state index contributed by atoms with van der Waals surface area (Å²) in [5.74, 6) is 0. The van der Waals surface area contributed by atoms with E-state index >= 15 is 0 Å². The van der Waals surface area contributed by atoms with Crippen LogP contribution in [0, 0.1) is 0 Å². The van der Waals surface area contributed by atoms with E-state index in [1.807, 2.05) is 12.5 Å². The quantitative estimate of drug-likeness (QED) is 0.790. The highest BCUT2D eigenvalue weighted by molar-refractivity contribution is 5.06. The Bertz CT molecular complexity index is 345. The summed E-state index contributed by atoms with van der Waals surface area (Å²) >= 11 is 0. The molecule has 18 heavy (non-hydrogen) atoms. The highest BCUT2D eigenvalue weighted by Gasteiger charge is 2.21. The van der Waals surface area contributed by atoms with Crippen LogP contribution in [0.4, 0.5) is 0 Å². The number of aromatic nitrogens is 2. The molecule has 4 heteroatoms. The van der Waals surface area contributed by atoms with Gasteiger partial charge in [0.25, 0.3) is 0 Å². The first-order valence-corrected chi connectivity index (χ1v) is 7.17. The minimum atomic E-state index is 0.162. The lowest BCUT2D eigenvalue weighted by Crippen LogP contribution is -2.34. The van der Waals surface area contributed by atoms with Crippen molar-refractivity contribution in [1.29, 1.82) is 0 Å². The van der Waals surface area contributed by atoms with Crippen molar-refractivity contribution in [2.24, 2.45) is 0 Å². The molecule has 2 rings (SSSR count). The summed E-state index contributed by atoms with van der Waals surface area (Å²) in [7, 11) is 0. The van der Waals surface area contributed by atoms with Crippen LogP contribution in [-0.4, -0.2) is 29.2 Å². The van der Waals surface area contributed by atoms with Crippen LogP contribution < -0.4 is 5.32 Å². The molecule has 2 atom stereocenters. The van der Waals surface area contributed by atoms with Crippen molar-refractivity contribution in [3.8, 4) is 0 Å². The minimum Gasteiger partial charge on any atom is -0.369 e. The maximum atomic E-state index is 5.82. The first-order valence-electron chi connectivity index (χ1n) is 7.17. The maximum Gasteiger partial charge on any atom is 0.111 e. The molecule has 1 aromatic heterocycles. The lowest BCUT2D eigenvalue weighted by atomic mass is 10.1. The van der Waals surface area contributed by atoms with E-state index in [0.29, 0.717) is 6.04 Å². The van der Waals surface area contributed by atoms with Crippen LogP contribution in [0.3, 0.4) is 0 Å². The summed E-state index contributed by atoms with van der Waals surface area (Å²) < 4.78 is 8.10. The monoisotopic (exact) mass is 251 g/mol. The Morgan fingerprint density at radius 1 is 1.56 bits per heavy atom. The molecule has 1 N–H and O–H groups in total. The fourth-order valence-corrected chi connectivity index (χ4v) is 2.52. The van der Waals surface area contributed by atoms with Gasteiger partial charge in [-0.05, 0) is 13.3 Å². The smallest absolute Gasteiger partial charge is 0.111 e. The number of nitrogens with one attached hydrogen (secondary N) is 1. The van der Waals surface area contributed by atoms with Gasteiger partial charge in [0.2, 0.25) is 0 Å². The third-order valence-electron chi connectivity index (χ3n) is 3.65. The van der Waals surface area contributed by atoms with Gasteiger partial charge in [0.1, 0.15) is 6.10 Å². The van der Waals surface area contributed by atoms with Gasteiger partial charge < -0.3 is 14.6 Å². The summed E-state index contributed by atoms with van der Waals surface area (Å²) in [5, 5.41) is 3.38. The molecular weight excluding hydrogens is 226 g/mol. The zero-order chi connectivity index (χ0) is 12.8. The number of rotatable bonds is 6. The Balaban J connectivity index is 1.97. The fraction of sp³-hybridized carbons (Fsp3) is 0.786. The van der Waals surface area contributed by atoms with Crippen LogP contribution >= 0.6 is 0 Å². The largest absolute Gasteiger partial charge is 0.369 e. The van der Waals surface area contributed by atoms with Gasteiger partial charge in [-0.3, -0.25) is 0 Å². The number of morpholine rings is 1. The summed E-state index contributed by atoms with van der Waals surface area (Å²) in [6.07, 6.45) is 9.17. The SMILES string of the molecule is CCCCCC(C)n1cncc1C1CNCCO1. The molecule has 1 saturated heterocycles. The molecule has 1 fully saturated rings. The van der Waals surface area contributed by atoms with Crippen molar-refractivity contribution in [3.05, 3.63) is 18.2 Å². The van der Waals surface area contributed by atoms with E-state index < -0.39 is 0 Å². The Morgan fingerprint density at radius 2 is 2.44 bits per heavy atom. The Morgan fingerprint density at radius 3 is 3.17 bits per heavy atom. The number of hydrogen-bond donors (Lipinski definition) is 1. The second-order valence-corrected chi connectivity index (χ2v) is 5.13. The van der Waals surface area contributed by atoms with Crippen molar-refractivity contribution in [2.45, 2.75) is 51.7 Å². The summed E-state index contributed by atoms with van der Waals surface area (Å²) in [6, 6.07) is 0.513. The highest BCUT2D eigenvalue weighted by Crippen LogP contribution is 2.24. The van der Waals surface area contributed by atoms with Crippen LogP contribution in [0.1, 0.15) is 57.4 Å². The number of nitrogens with zero attached hydrogens (tertiary/aromatic N) is 2. The van der Waals surface area contributed by atoms with Gasteiger partial charge >= 0.3 is 0 Å². The van der Waals surface area contributed by atoms with E-state index in [2.05, 4.69) is 28.7 Å². The van der Waals surface area contributed by atoms with Crippen LogP contribution in [0.15, 0.2) is 12.5 Å². The van der Waals surface area contributed by atoms with E-state index in [1.54, 1.807) is 0 Å². The fourth-order valence-electron chi connectivity index (χ4n) is 2.52. The first-order chi connectivity index (χ1) is 8.83. The molecule has 0 amide bonds. The summed E-state index contributed by atoms with van der Waals surface area (Å²) in [5.41, 5.74) is 1.21. The molecule has 1 aliphatic heterocycles. The molecule has 0 saturated carbocycles. The zero-order valence-corrected chi connectivity index (χ0v) is 11.6. The molecule has 102 valence electrons. The number of ether oxygens (including phenoxy) is 1. The van der Waals surface area contributed by atoms with Crippen LogP contribution in [0.25, 0.3) is 0 Å². The van der Waals surface area contributed by atoms with Crippen LogP contribution in [-0.2, 0) is 4.74 Å². The normalized spacial score (nSPS) is 22.0. The Labute approximate surface area is 110 Å². The molecule has 0 aliphatic carbocycles. The van der Waals surface area contributed by atoms with Gasteiger partial charge in [-0.2, -0.15) is 0 Å². The van der Waals surface area contributed by atoms with E-state index in [-0.39, 0.29) is 6.10 Å². The molecule has 0 spiro atoms. The predicted octanol–water partition coefficient (Wildman–Crippen LogP) is 2.69. The van der Waals surface area contributed by atoms with E-state index in [4.69, 9.17) is 4.74 Å². The zero-order valence-electron chi connectivity index (χ0n) is 11.6.